The van der Waals surface area contributed by atoms with Crippen LogP contribution >= 0.6 is 0 Å². The topological polar surface area (TPSA) is 56.0 Å². The van der Waals surface area contributed by atoms with E-state index < -0.39 is 5.54 Å². The third-order valence-corrected chi connectivity index (χ3v) is 2.48. The number of aliphatic hydroxyl groups is 1. The summed E-state index contributed by atoms with van der Waals surface area (Å²) in [7, 11) is 0. The third-order valence-electron chi connectivity index (χ3n) is 2.48. The van der Waals surface area contributed by atoms with E-state index in [9.17, 15) is 5.11 Å². The highest BCUT2D eigenvalue weighted by Gasteiger charge is 2.24. The monoisotopic (exact) mass is 204 g/mol. The Kier molecular flexibility index (Phi) is 4.29. The molecule has 0 spiro atoms. The molecule has 0 amide bonds. The Morgan fingerprint density at radius 3 is 2.60 bits per heavy atom. The van der Waals surface area contributed by atoms with Crippen LogP contribution in [-0.2, 0) is 5.54 Å². The zero-order chi connectivity index (χ0) is 11.1. The van der Waals surface area contributed by atoms with Crippen LogP contribution < -0.4 is 5.32 Å². The van der Waals surface area contributed by atoms with Gasteiger partial charge in [0.05, 0.1) is 18.2 Å². The number of aliphatic hydroxyl groups excluding tert-OH is 1. The first-order chi connectivity index (χ1) is 7.23. The lowest BCUT2D eigenvalue weighted by Crippen LogP contribution is -2.43. The van der Waals surface area contributed by atoms with Gasteiger partial charge in [0.2, 0.25) is 0 Å². The molecule has 0 aromatic heterocycles. The molecule has 1 aromatic rings. The lowest BCUT2D eigenvalue weighted by molar-refractivity contribution is 0.176. The van der Waals surface area contributed by atoms with Crippen LogP contribution in [0.15, 0.2) is 30.3 Å². The van der Waals surface area contributed by atoms with Gasteiger partial charge in [-0.1, -0.05) is 30.3 Å². The first kappa shape index (κ1) is 11.7. The van der Waals surface area contributed by atoms with Gasteiger partial charge in [0.1, 0.15) is 0 Å². The van der Waals surface area contributed by atoms with Gasteiger partial charge in [-0.2, -0.15) is 5.26 Å². The Balaban J connectivity index is 2.73. The van der Waals surface area contributed by atoms with E-state index in [1.165, 1.54) is 0 Å². The predicted octanol–water partition coefficient (Wildman–Crippen LogP) is 1.40. The molecule has 3 heteroatoms. The Morgan fingerprint density at radius 2 is 2.07 bits per heavy atom. The number of nitrogens with zero attached hydrogens (tertiary/aromatic N) is 1. The Hall–Kier alpha value is -1.37. The van der Waals surface area contributed by atoms with E-state index in [1.807, 2.05) is 37.3 Å². The van der Waals surface area contributed by atoms with Crippen molar-refractivity contribution in [3.63, 3.8) is 0 Å². The zero-order valence-corrected chi connectivity index (χ0v) is 8.90. The summed E-state index contributed by atoms with van der Waals surface area (Å²) in [6.45, 7) is 2.53. The molecule has 1 rings (SSSR count). The van der Waals surface area contributed by atoms with Crippen molar-refractivity contribution in [1.82, 2.24) is 5.32 Å². The van der Waals surface area contributed by atoms with E-state index in [-0.39, 0.29) is 6.61 Å². The van der Waals surface area contributed by atoms with Gasteiger partial charge < -0.3 is 10.4 Å². The molecule has 3 nitrogen and oxygen atoms in total. The number of nitrogens with one attached hydrogen (secondary N) is 1. The minimum atomic E-state index is -0.460. The molecule has 0 radical (unpaired) electrons. The van der Waals surface area contributed by atoms with Crippen molar-refractivity contribution in [3.8, 4) is 6.07 Å². The fourth-order valence-corrected chi connectivity index (χ4v) is 1.45. The van der Waals surface area contributed by atoms with Gasteiger partial charge in [-0.3, -0.25) is 0 Å². The van der Waals surface area contributed by atoms with Gasteiger partial charge in [-0.05, 0) is 12.5 Å². The minimum absolute atomic E-state index is 0.0163. The van der Waals surface area contributed by atoms with Crippen LogP contribution in [0.5, 0.6) is 0 Å². The number of benzene rings is 1. The van der Waals surface area contributed by atoms with Crippen LogP contribution in [0.1, 0.15) is 18.9 Å². The van der Waals surface area contributed by atoms with Gasteiger partial charge in [0.15, 0.2) is 0 Å². The molecule has 0 aliphatic carbocycles. The Bertz CT molecular complexity index is 331. The smallest absolute Gasteiger partial charge is 0.0652 e. The molecule has 80 valence electrons. The molecule has 1 unspecified atom stereocenters. The molecule has 0 heterocycles. The Labute approximate surface area is 90.4 Å². The van der Waals surface area contributed by atoms with Crippen molar-refractivity contribution in [2.24, 2.45) is 0 Å². The number of hydrogen-bond acceptors (Lipinski definition) is 3. The molecule has 0 fully saturated rings. The van der Waals surface area contributed by atoms with Crippen LogP contribution in [0.4, 0.5) is 0 Å². The highest BCUT2D eigenvalue weighted by atomic mass is 16.3. The summed E-state index contributed by atoms with van der Waals surface area (Å²) in [5, 5.41) is 21.0. The second-order valence-electron chi connectivity index (χ2n) is 3.69. The summed E-state index contributed by atoms with van der Waals surface area (Å²) in [4.78, 5) is 0. The first-order valence-electron chi connectivity index (χ1n) is 5.01. The molecule has 0 saturated heterocycles. The minimum Gasteiger partial charge on any atom is -0.394 e. The maximum Gasteiger partial charge on any atom is 0.0652 e. The summed E-state index contributed by atoms with van der Waals surface area (Å²) >= 11 is 0. The molecule has 1 aromatic carbocycles. The van der Waals surface area contributed by atoms with Gasteiger partial charge in [0, 0.05) is 13.0 Å². The van der Waals surface area contributed by atoms with E-state index in [4.69, 9.17) is 5.26 Å². The molecule has 2 N–H and O–H groups in total. The highest BCUT2D eigenvalue weighted by Crippen LogP contribution is 2.19. The van der Waals surface area contributed by atoms with Crippen LogP contribution in [-0.4, -0.2) is 18.3 Å². The molecule has 15 heavy (non-hydrogen) atoms. The molecular formula is C12H16N2O. The fraction of sp³-hybridized carbons (Fsp3) is 0.417. The third kappa shape index (κ3) is 3.05. The Morgan fingerprint density at radius 1 is 1.40 bits per heavy atom. The van der Waals surface area contributed by atoms with Gasteiger partial charge in [0.25, 0.3) is 0 Å². The second kappa shape index (κ2) is 5.50. The second-order valence-corrected chi connectivity index (χ2v) is 3.69. The van der Waals surface area contributed by atoms with Crippen LogP contribution in [0.2, 0.25) is 0 Å². The summed E-state index contributed by atoms with van der Waals surface area (Å²) in [5.74, 6) is 0. The van der Waals surface area contributed by atoms with Crippen molar-refractivity contribution >= 4 is 0 Å². The number of rotatable bonds is 5. The molecule has 1 atom stereocenters. The SMILES string of the molecule is CC(CO)(NCCC#N)c1ccccc1. The van der Waals surface area contributed by atoms with Crippen molar-refractivity contribution in [2.75, 3.05) is 13.2 Å². The van der Waals surface area contributed by atoms with Crippen LogP contribution in [0.25, 0.3) is 0 Å². The summed E-state index contributed by atoms with van der Waals surface area (Å²) in [6, 6.07) is 11.8. The molecule has 0 saturated carbocycles. The summed E-state index contributed by atoms with van der Waals surface area (Å²) in [6.07, 6.45) is 0.447. The summed E-state index contributed by atoms with van der Waals surface area (Å²) in [5.41, 5.74) is 0.573. The maximum absolute atomic E-state index is 9.39. The first-order valence-corrected chi connectivity index (χ1v) is 5.01. The normalized spacial score (nSPS) is 14.2. The van der Waals surface area contributed by atoms with E-state index in [0.717, 1.165) is 5.56 Å². The highest BCUT2D eigenvalue weighted by molar-refractivity contribution is 5.23. The quantitative estimate of drug-likeness (QED) is 0.713. The predicted molar refractivity (Wildman–Crippen MR) is 59.1 cm³/mol. The largest absolute Gasteiger partial charge is 0.394 e. The van der Waals surface area contributed by atoms with Gasteiger partial charge >= 0.3 is 0 Å². The zero-order valence-electron chi connectivity index (χ0n) is 8.90. The van der Waals surface area contributed by atoms with E-state index >= 15 is 0 Å². The van der Waals surface area contributed by atoms with E-state index in [1.54, 1.807) is 0 Å². The van der Waals surface area contributed by atoms with E-state index in [0.29, 0.717) is 13.0 Å². The van der Waals surface area contributed by atoms with Crippen LogP contribution in [0.3, 0.4) is 0 Å². The molecular weight excluding hydrogens is 188 g/mol. The van der Waals surface area contributed by atoms with Crippen molar-refractivity contribution in [1.29, 1.82) is 5.26 Å². The van der Waals surface area contributed by atoms with Crippen LogP contribution in [0, 0.1) is 11.3 Å². The van der Waals surface area contributed by atoms with Gasteiger partial charge in [-0.15, -0.1) is 0 Å². The van der Waals surface area contributed by atoms with Crippen molar-refractivity contribution in [2.45, 2.75) is 18.9 Å². The average Bonchev–Trinajstić information content (AvgIpc) is 2.30. The lowest BCUT2D eigenvalue weighted by Gasteiger charge is -2.29. The van der Waals surface area contributed by atoms with Crippen molar-refractivity contribution < 1.29 is 5.11 Å². The van der Waals surface area contributed by atoms with Gasteiger partial charge in [-0.25, -0.2) is 0 Å². The van der Waals surface area contributed by atoms with E-state index in [2.05, 4.69) is 11.4 Å². The molecule has 0 aliphatic rings. The maximum atomic E-state index is 9.39. The number of hydrogen-bond donors (Lipinski definition) is 2. The fourth-order valence-electron chi connectivity index (χ4n) is 1.45. The molecule has 0 bridgehead atoms. The standard InChI is InChI=1S/C12H16N2O/c1-12(10-15,14-9-5-8-13)11-6-3-2-4-7-11/h2-4,6-7,14-15H,5,9-10H2,1H3. The average molecular weight is 204 g/mol. The van der Waals surface area contributed by atoms with Crippen molar-refractivity contribution in [3.05, 3.63) is 35.9 Å². The lowest BCUT2D eigenvalue weighted by atomic mass is 9.93. The summed E-state index contributed by atoms with van der Waals surface area (Å²) < 4.78 is 0. The molecule has 0 aliphatic heterocycles. The number of nitriles is 1.